The molecular formula is C14H14N2O5. The van der Waals surface area contributed by atoms with Crippen molar-refractivity contribution in [1.29, 1.82) is 0 Å². The van der Waals surface area contributed by atoms with Gasteiger partial charge in [0.1, 0.15) is 5.75 Å². The van der Waals surface area contributed by atoms with Gasteiger partial charge in [-0.2, -0.15) is 0 Å². The summed E-state index contributed by atoms with van der Waals surface area (Å²) in [6.45, 7) is 1.58. The van der Waals surface area contributed by atoms with E-state index in [0.29, 0.717) is 5.56 Å². The van der Waals surface area contributed by atoms with E-state index in [4.69, 9.17) is 9.47 Å². The molecule has 1 N–H and O–H groups in total. The predicted molar refractivity (Wildman–Crippen MR) is 74.6 cm³/mol. The smallest absolute Gasteiger partial charge is 0.314 e. The summed E-state index contributed by atoms with van der Waals surface area (Å²) in [6, 6.07) is 7.57. The van der Waals surface area contributed by atoms with Crippen LogP contribution in [0.5, 0.6) is 17.4 Å². The maximum absolute atomic E-state index is 11.0. The Labute approximate surface area is 120 Å². The average Bonchev–Trinajstić information content (AvgIpc) is 2.47. The molecular weight excluding hydrogens is 276 g/mol. The number of nitro benzene ring substituents is 1. The summed E-state index contributed by atoms with van der Waals surface area (Å²) < 4.78 is 10.5. The van der Waals surface area contributed by atoms with Crippen molar-refractivity contribution in [1.82, 2.24) is 4.98 Å². The van der Waals surface area contributed by atoms with Crippen molar-refractivity contribution in [3.8, 4) is 17.4 Å². The summed E-state index contributed by atoms with van der Waals surface area (Å²) in [4.78, 5) is 14.4. The molecule has 0 saturated carbocycles. The summed E-state index contributed by atoms with van der Waals surface area (Å²) in [5, 5.41) is 20.6. The van der Waals surface area contributed by atoms with Crippen LogP contribution in [0.3, 0.4) is 0 Å². The highest BCUT2D eigenvalue weighted by atomic mass is 16.6. The molecule has 2 aromatic rings. The van der Waals surface area contributed by atoms with Crippen molar-refractivity contribution in [2.45, 2.75) is 13.0 Å². The number of methoxy groups -OCH3 is 1. The molecule has 1 atom stereocenters. The van der Waals surface area contributed by atoms with E-state index in [2.05, 4.69) is 4.98 Å². The van der Waals surface area contributed by atoms with Gasteiger partial charge in [-0.05, 0) is 31.2 Å². The van der Waals surface area contributed by atoms with Crippen LogP contribution in [0.4, 0.5) is 5.69 Å². The first-order valence-electron chi connectivity index (χ1n) is 6.16. The number of nitrogens with zero attached hydrogens (tertiary/aromatic N) is 2. The molecule has 21 heavy (non-hydrogen) atoms. The third-order valence-corrected chi connectivity index (χ3v) is 2.81. The molecule has 0 aliphatic rings. The number of pyridine rings is 1. The summed E-state index contributed by atoms with van der Waals surface area (Å²) >= 11 is 0. The van der Waals surface area contributed by atoms with Gasteiger partial charge in [-0.25, -0.2) is 4.98 Å². The Morgan fingerprint density at radius 1 is 1.38 bits per heavy atom. The van der Waals surface area contributed by atoms with Gasteiger partial charge in [-0.1, -0.05) is 0 Å². The lowest BCUT2D eigenvalue weighted by atomic mass is 10.2. The Balaban J connectivity index is 2.37. The third kappa shape index (κ3) is 3.26. The molecule has 7 heteroatoms. The Kier molecular flexibility index (Phi) is 4.34. The van der Waals surface area contributed by atoms with Crippen LogP contribution in [0.25, 0.3) is 0 Å². The van der Waals surface area contributed by atoms with E-state index in [1.807, 2.05) is 0 Å². The number of rotatable bonds is 5. The Morgan fingerprint density at radius 2 is 2.14 bits per heavy atom. The molecule has 1 aromatic carbocycles. The van der Waals surface area contributed by atoms with Crippen LogP contribution in [-0.4, -0.2) is 22.1 Å². The minimum Gasteiger partial charge on any atom is -0.490 e. The van der Waals surface area contributed by atoms with E-state index in [-0.39, 0.29) is 23.1 Å². The van der Waals surface area contributed by atoms with Crippen molar-refractivity contribution in [2.24, 2.45) is 0 Å². The highest BCUT2D eigenvalue weighted by molar-refractivity contribution is 5.51. The number of aliphatic hydroxyl groups is 1. The summed E-state index contributed by atoms with van der Waals surface area (Å²) in [5.74, 6) is 0.583. The van der Waals surface area contributed by atoms with Gasteiger partial charge in [0, 0.05) is 11.8 Å². The van der Waals surface area contributed by atoms with E-state index in [1.54, 1.807) is 19.1 Å². The zero-order valence-corrected chi connectivity index (χ0v) is 11.5. The third-order valence-electron chi connectivity index (χ3n) is 2.81. The van der Waals surface area contributed by atoms with Crippen molar-refractivity contribution < 1.29 is 19.5 Å². The molecule has 0 aliphatic carbocycles. The second kappa shape index (κ2) is 6.19. The van der Waals surface area contributed by atoms with Crippen LogP contribution in [-0.2, 0) is 0 Å². The van der Waals surface area contributed by atoms with Crippen LogP contribution in [0.15, 0.2) is 36.5 Å². The molecule has 0 saturated heterocycles. The topological polar surface area (TPSA) is 94.7 Å². The van der Waals surface area contributed by atoms with Crippen LogP contribution in [0.1, 0.15) is 18.6 Å². The monoisotopic (exact) mass is 290 g/mol. The van der Waals surface area contributed by atoms with Crippen molar-refractivity contribution in [2.75, 3.05) is 7.11 Å². The number of hydrogen-bond donors (Lipinski definition) is 1. The molecule has 2 rings (SSSR count). The van der Waals surface area contributed by atoms with Crippen molar-refractivity contribution >= 4 is 5.69 Å². The van der Waals surface area contributed by atoms with E-state index in [9.17, 15) is 15.2 Å². The lowest BCUT2D eigenvalue weighted by Gasteiger charge is -2.12. The molecule has 1 heterocycles. The fourth-order valence-electron chi connectivity index (χ4n) is 1.79. The van der Waals surface area contributed by atoms with Crippen molar-refractivity contribution in [3.05, 3.63) is 52.2 Å². The van der Waals surface area contributed by atoms with Crippen LogP contribution in [0, 0.1) is 10.1 Å². The van der Waals surface area contributed by atoms with Gasteiger partial charge in [0.05, 0.1) is 24.2 Å². The molecule has 0 fully saturated rings. The fraction of sp³-hybridized carbons (Fsp3) is 0.214. The average molecular weight is 290 g/mol. The largest absolute Gasteiger partial charge is 0.490 e. The van der Waals surface area contributed by atoms with Gasteiger partial charge in [0.25, 0.3) is 0 Å². The fourth-order valence-corrected chi connectivity index (χ4v) is 1.79. The van der Waals surface area contributed by atoms with E-state index >= 15 is 0 Å². The maximum Gasteiger partial charge on any atom is 0.314 e. The summed E-state index contributed by atoms with van der Waals surface area (Å²) in [6.07, 6.45) is 0.751. The summed E-state index contributed by atoms with van der Waals surface area (Å²) in [5.41, 5.74) is 0.292. The maximum atomic E-state index is 11.0. The van der Waals surface area contributed by atoms with Crippen LogP contribution >= 0.6 is 0 Å². The van der Waals surface area contributed by atoms with Crippen molar-refractivity contribution in [3.63, 3.8) is 0 Å². The number of hydrogen-bond acceptors (Lipinski definition) is 6. The SMILES string of the molecule is COc1ccc(Oc2ncccc2C(C)O)cc1[N+](=O)[O-]. The van der Waals surface area contributed by atoms with E-state index in [1.165, 1.54) is 31.5 Å². The Hall–Kier alpha value is -2.67. The first kappa shape index (κ1) is 14.7. The number of benzene rings is 1. The first-order valence-corrected chi connectivity index (χ1v) is 6.16. The zero-order chi connectivity index (χ0) is 15.4. The summed E-state index contributed by atoms with van der Waals surface area (Å²) in [7, 11) is 1.35. The quantitative estimate of drug-likeness (QED) is 0.672. The van der Waals surface area contributed by atoms with Gasteiger partial charge in [0.2, 0.25) is 5.88 Å². The molecule has 1 unspecified atom stereocenters. The Morgan fingerprint density at radius 3 is 2.76 bits per heavy atom. The molecule has 0 aliphatic heterocycles. The highest BCUT2D eigenvalue weighted by Crippen LogP contribution is 2.34. The molecule has 0 amide bonds. The van der Waals surface area contributed by atoms with Gasteiger partial charge >= 0.3 is 5.69 Å². The number of ether oxygens (including phenoxy) is 2. The minimum absolute atomic E-state index is 0.143. The van der Waals surface area contributed by atoms with Crippen LogP contribution in [0.2, 0.25) is 0 Å². The van der Waals surface area contributed by atoms with E-state index in [0.717, 1.165) is 0 Å². The highest BCUT2D eigenvalue weighted by Gasteiger charge is 2.17. The molecule has 0 spiro atoms. The Bertz CT molecular complexity index is 658. The van der Waals surface area contributed by atoms with E-state index < -0.39 is 11.0 Å². The lowest BCUT2D eigenvalue weighted by molar-refractivity contribution is -0.385. The predicted octanol–water partition coefficient (Wildman–Crippen LogP) is 2.84. The second-order valence-electron chi connectivity index (χ2n) is 4.27. The number of nitro groups is 1. The normalized spacial score (nSPS) is 11.8. The number of aromatic nitrogens is 1. The molecule has 1 aromatic heterocycles. The molecule has 0 radical (unpaired) electrons. The minimum atomic E-state index is -0.762. The second-order valence-corrected chi connectivity index (χ2v) is 4.27. The number of aliphatic hydroxyl groups excluding tert-OH is 1. The first-order chi connectivity index (χ1) is 10.0. The van der Waals surface area contributed by atoms with Gasteiger partial charge in [0.15, 0.2) is 5.75 Å². The van der Waals surface area contributed by atoms with Crippen LogP contribution < -0.4 is 9.47 Å². The zero-order valence-electron chi connectivity index (χ0n) is 11.5. The molecule has 0 bridgehead atoms. The van der Waals surface area contributed by atoms with Gasteiger partial charge in [-0.3, -0.25) is 10.1 Å². The molecule has 110 valence electrons. The van der Waals surface area contributed by atoms with Gasteiger partial charge < -0.3 is 14.6 Å². The van der Waals surface area contributed by atoms with Gasteiger partial charge in [-0.15, -0.1) is 0 Å². The molecule has 7 nitrogen and oxygen atoms in total. The lowest BCUT2D eigenvalue weighted by Crippen LogP contribution is -1.99. The standard InChI is InChI=1S/C14H14N2O5/c1-9(17)11-4-3-7-15-14(11)21-10-5-6-13(20-2)12(8-10)16(18)19/h3-9,17H,1-2H3.